The van der Waals surface area contributed by atoms with Crippen molar-refractivity contribution in [2.75, 3.05) is 11.9 Å². The van der Waals surface area contributed by atoms with E-state index >= 15 is 0 Å². The van der Waals surface area contributed by atoms with Crippen LogP contribution in [0, 0.1) is 6.92 Å². The molecule has 2 heterocycles. The summed E-state index contributed by atoms with van der Waals surface area (Å²) >= 11 is 0. The Morgan fingerprint density at radius 3 is 2.29 bits per heavy atom. The molecule has 0 spiro atoms. The van der Waals surface area contributed by atoms with Crippen LogP contribution in [0.3, 0.4) is 0 Å². The van der Waals surface area contributed by atoms with Crippen LogP contribution in [-0.4, -0.2) is 27.2 Å². The van der Waals surface area contributed by atoms with E-state index in [1.54, 1.807) is 0 Å². The second-order valence-electron chi connectivity index (χ2n) is 7.51. The van der Waals surface area contributed by atoms with Gasteiger partial charge >= 0.3 is 0 Å². The summed E-state index contributed by atoms with van der Waals surface area (Å²) in [5, 5.41) is 9.40. The minimum Gasteiger partial charge on any atom is -0.413 e. The molecule has 31 heavy (non-hydrogen) atoms. The number of hydrogen-bond donors (Lipinski definition) is 0. The van der Waals surface area contributed by atoms with E-state index in [2.05, 4.69) is 32.2 Å². The van der Waals surface area contributed by atoms with Crippen molar-refractivity contribution in [3.63, 3.8) is 0 Å². The van der Waals surface area contributed by atoms with Crippen molar-refractivity contribution >= 4 is 16.7 Å². The summed E-state index contributed by atoms with van der Waals surface area (Å²) < 4.78 is 5.93. The van der Waals surface area contributed by atoms with Crippen molar-refractivity contribution in [2.45, 2.75) is 13.5 Å². The molecule has 0 amide bonds. The summed E-state index contributed by atoms with van der Waals surface area (Å²) in [5.41, 5.74) is 4.07. The molecule has 0 N–H and O–H groups in total. The van der Waals surface area contributed by atoms with Gasteiger partial charge in [-0.25, -0.2) is 9.97 Å². The molecular formula is C25H21N5O. The van der Waals surface area contributed by atoms with Crippen LogP contribution in [0.5, 0.6) is 0 Å². The normalized spacial score (nSPS) is 11.0. The second-order valence-corrected chi connectivity index (χ2v) is 7.51. The van der Waals surface area contributed by atoms with Crippen LogP contribution in [0.15, 0.2) is 83.3 Å². The molecule has 0 aliphatic heterocycles. The molecule has 0 aliphatic carbocycles. The summed E-state index contributed by atoms with van der Waals surface area (Å²) in [6.07, 6.45) is 0. The molecule has 0 saturated heterocycles. The average Bonchev–Trinajstić information content (AvgIpc) is 3.30. The average molecular weight is 407 g/mol. The standard InChI is InChI=1S/C25H21N5O/c1-17-12-14-19(15-13-17)24-28-29-25(31-24)22-26-21-11-7-6-10-20(21)23(27-22)30(2)16-18-8-4-3-5-9-18/h3-15H,16H2,1-2H3. The third-order valence-corrected chi connectivity index (χ3v) is 5.12. The molecule has 0 fully saturated rings. The highest BCUT2D eigenvalue weighted by Gasteiger charge is 2.18. The van der Waals surface area contributed by atoms with Crippen LogP contribution in [0.1, 0.15) is 11.1 Å². The zero-order valence-corrected chi connectivity index (χ0v) is 17.4. The quantitative estimate of drug-likeness (QED) is 0.394. The van der Waals surface area contributed by atoms with E-state index in [9.17, 15) is 0 Å². The number of hydrogen-bond acceptors (Lipinski definition) is 6. The first-order chi connectivity index (χ1) is 15.2. The fourth-order valence-corrected chi connectivity index (χ4v) is 3.51. The first kappa shape index (κ1) is 18.9. The summed E-state index contributed by atoms with van der Waals surface area (Å²) in [7, 11) is 2.02. The van der Waals surface area contributed by atoms with Crippen molar-refractivity contribution in [2.24, 2.45) is 0 Å². The number of aromatic nitrogens is 4. The highest BCUT2D eigenvalue weighted by Crippen LogP contribution is 2.29. The second kappa shape index (κ2) is 7.99. The Morgan fingerprint density at radius 1 is 0.774 bits per heavy atom. The lowest BCUT2D eigenvalue weighted by atomic mass is 10.1. The van der Waals surface area contributed by atoms with Crippen molar-refractivity contribution in [3.8, 4) is 23.2 Å². The van der Waals surface area contributed by atoms with Gasteiger partial charge in [-0.05, 0) is 36.8 Å². The van der Waals surface area contributed by atoms with Gasteiger partial charge in [0.2, 0.25) is 11.7 Å². The molecule has 0 radical (unpaired) electrons. The van der Waals surface area contributed by atoms with Gasteiger partial charge in [-0.3, -0.25) is 0 Å². The summed E-state index contributed by atoms with van der Waals surface area (Å²) in [6, 6.07) is 26.2. The number of para-hydroxylation sites is 1. The van der Waals surface area contributed by atoms with Crippen LogP contribution < -0.4 is 4.90 Å². The number of fused-ring (bicyclic) bond motifs is 1. The molecule has 3 aromatic carbocycles. The highest BCUT2D eigenvalue weighted by molar-refractivity contribution is 5.90. The first-order valence-electron chi connectivity index (χ1n) is 10.1. The number of aryl methyl sites for hydroxylation is 1. The van der Waals surface area contributed by atoms with Crippen molar-refractivity contribution < 1.29 is 4.42 Å². The van der Waals surface area contributed by atoms with Gasteiger partial charge in [-0.2, -0.15) is 0 Å². The molecule has 5 rings (SSSR count). The molecule has 0 saturated carbocycles. The number of rotatable bonds is 5. The Morgan fingerprint density at radius 2 is 1.48 bits per heavy atom. The molecule has 0 bridgehead atoms. The topological polar surface area (TPSA) is 67.9 Å². The molecule has 5 aromatic rings. The van der Waals surface area contributed by atoms with E-state index in [0.717, 1.165) is 28.8 Å². The van der Waals surface area contributed by atoms with Crippen molar-refractivity contribution in [1.82, 2.24) is 20.2 Å². The zero-order valence-electron chi connectivity index (χ0n) is 17.4. The number of nitrogens with zero attached hydrogens (tertiary/aromatic N) is 5. The fraction of sp³-hybridized carbons (Fsp3) is 0.120. The maximum Gasteiger partial charge on any atom is 0.286 e. The lowest BCUT2D eigenvalue weighted by molar-refractivity contribution is 0.579. The molecule has 0 atom stereocenters. The predicted octanol–water partition coefficient (Wildman–Crippen LogP) is 5.29. The lowest BCUT2D eigenvalue weighted by Gasteiger charge is -2.20. The van der Waals surface area contributed by atoms with Gasteiger partial charge in [-0.1, -0.05) is 60.2 Å². The van der Waals surface area contributed by atoms with Crippen LogP contribution in [0.2, 0.25) is 0 Å². The van der Waals surface area contributed by atoms with Gasteiger partial charge in [0.15, 0.2) is 0 Å². The number of anilines is 1. The molecular weight excluding hydrogens is 386 g/mol. The first-order valence-corrected chi connectivity index (χ1v) is 10.1. The van der Waals surface area contributed by atoms with Crippen LogP contribution >= 0.6 is 0 Å². The van der Waals surface area contributed by atoms with E-state index in [-0.39, 0.29) is 0 Å². The van der Waals surface area contributed by atoms with E-state index in [0.29, 0.717) is 17.6 Å². The smallest absolute Gasteiger partial charge is 0.286 e. The van der Waals surface area contributed by atoms with Crippen LogP contribution in [0.25, 0.3) is 34.1 Å². The van der Waals surface area contributed by atoms with Gasteiger partial charge in [0, 0.05) is 24.5 Å². The SMILES string of the molecule is Cc1ccc(-c2nnc(-c3nc(N(C)Cc4ccccc4)c4ccccc4n3)o2)cc1. The monoisotopic (exact) mass is 407 g/mol. The van der Waals surface area contributed by atoms with E-state index < -0.39 is 0 Å². The zero-order chi connectivity index (χ0) is 21.2. The Hall–Kier alpha value is -4.06. The lowest BCUT2D eigenvalue weighted by Crippen LogP contribution is -2.18. The van der Waals surface area contributed by atoms with Crippen molar-refractivity contribution in [3.05, 3.63) is 90.0 Å². The molecule has 0 aliphatic rings. The summed E-state index contributed by atoms with van der Waals surface area (Å²) in [4.78, 5) is 11.6. The Kier molecular flexibility index (Phi) is 4.88. The molecule has 0 unspecified atom stereocenters. The van der Waals surface area contributed by atoms with Crippen molar-refractivity contribution in [1.29, 1.82) is 0 Å². The summed E-state index contributed by atoms with van der Waals surface area (Å²) in [5.74, 6) is 1.99. The minimum atomic E-state index is 0.302. The van der Waals surface area contributed by atoms with Crippen LogP contribution in [0.4, 0.5) is 5.82 Å². The Bertz CT molecular complexity index is 1330. The van der Waals surface area contributed by atoms with E-state index in [4.69, 9.17) is 9.40 Å². The summed E-state index contributed by atoms with van der Waals surface area (Å²) in [6.45, 7) is 2.76. The largest absolute Gasteiger partial charge is 0.413 e. The Balaban J connectivity index is 1.55. The third kappa shape index (κ3) is 3.88. The fourth-order valence-electron chi connectivity index (χ4n) is 3.51. The van der Waals surface area contributed by atoms with Gasteiger partial charge in [0.25, 0.3) is 5.89 Å². The van der Waals surface area contributed by atoms with E-state index in [1.165, 1.54) is 11.1 Å². The third-order valence-electron chi connectivity index (χ3n) is 5.12. The van der Waals surface area contributed by atoms with E-state index in [1.807, 2.05) is 80.7 Å². The van der Waals surface area contributed by atoms with Gasteiger partial charge in [0.05, 0.1) is 5.52 Å². The Labute approximate surface area is 180 Å². The minimum absolute atomic E-state index is 0.302. The van der Waals surface area contributed by atoms with Gasteiger partial charge in [-0.15, -0.1) is 10.2 Å². The highest BCUT2D eigenvalue weighted by atomic mass is 16.4. The maximum absolute atomic E-state index is 5.93. The maximum atomic E-state index is 5.93. The van der Waals surface area contributed by atoms with Gasteiger partial charge < -0.3 is 9.32 Å². The molecule has 152 valence electrons. The number of benzene rings is 3. The van der Waals surface area contributed by atoms with Gasteiger partial charge in [0.1, 0.15) is 5.82 Å². The molecule has 2 aromatic heterocycles. The predicted molar refractivity (Wildman–Crippen MR) is 122 cm³/mol. The van der Waals surface area contributed by atoms with Crippen LogP contribution in [-0.2, 0) is 6.54 Å². The molecule has 6 nitrogen and oxygen atoms in total. The molecule has 6 heteroatoms.